The molecule has 0 aliphatic rings. The van der Waals surface area contributed by atoms with Gasteiger partial charge in [-0.2, -0.15) is 0 Å². The van der Waals surface area contributed by atoms with Crippen molar-refractivity contribution in [1.29, 1.82) is 0 Å². The first-order valence-electron chi connectivity index (χ1n) is 5.52. The van der Waals surface area contributed by atoms with Crippen LogP contribution in [0.3, 0.4) is 0 Å². The standard InChI is InChI=1S/C13H19NO2/c1-4-16-13(15)8-12(14)11-6-9(2)5-10(3)7-11/h5-7,12H,4,8,14H2,1-3H3/t12-/m0/s1. The molecule has 16 heavy (non-hydrogen) atoms. The molecule has 0 aliphatic carbocycles. The van der Waals surface area contributed by atoms with E-state index in [0.717, 1.165) is 16.7 Å². The molecule has 0 saturated carbocycles. The van der Waals surface area contributed by atoms with E-state index in [1.807, 2.05) is 26.0 Å². The van der Waals surface area contributed by atoms with Crippen LogP contribution < -0.4 is 5.73 Å². The maximum Gasteiger partial charge on any atom is 0.307 e. The molecule has 0 aliphatic heterocycles. The minimum absolute atomic E-state index is 0.233. The Balaban J connectivity index is 2.72. The third-order valence-electron chi connectivity index (χ3n) is 2.36. The number of carbonyl (C=O) groups excluding carboxylic acids is 1. The molecule has 0 spiro atoms. The maximum absolute atomic E-state index is 11.3. The predicted octanol–water partition coefficient (Wildman–Crippen LogP) is 2.26. The van der Waals surface area contributed by atoms with Crippen LogP contribution in [0.5, 0.6) is 0 Å². The summed E-state index contributed by atoms with van der Waals surface area (Å²) in [5, 5.41) is 0. The Bertz CT molecular complexity index is 354. The maximum atomic E-state index is 11.3. The fourth-order valence-corrected chi connectivity index (χ4v) is 1.74. The van der Waals surface area contributed by atoms with Crippen molar-refractivity contribution < 1.29 is 9.53 Å². The SMILES string of the molecule is CCOC(=O)C[C@H](N)c1cc(C)cc(C)c1. The van der Waals surface area contributed by atoms with Gasteiger partial charge in [0.2, 0.25) is 0 Å². The molecule has 3 nitrogen and oxygen atoms in total. The summed E-state index contributed by atoms with van der Waals surface area (Å²) in [6, 6.07) is 5.83. The first-order chi connectivity index (χ1) is 7.52. The molecule has 0 aromatic heterocycles. The lowest BCUT2D eigenvalue weighted by Crippen LogP contribution is -2.17. The highest BCUT2D eigenvalue weighted by molar-refractivity contribution is 5.70. The van der Waals surface area contributed by atoms with Crippen LogP contribution in [-0.2, 0) is 9.53 Å². The molecule has 0 fully saturated rings. The van der Waals surface area contributed by atoms with Crippen molar-refractivity contribution in [1.82, 2.24) is 0 Å². The van der Waals surface area contributed by atoms with E-state index in [9.17, 15) is 4.79 Å². The minimum Gasteiger partial charge on any atom is -0.466 e. The average Bonchev–Trinajstić information content (AvgIpc) is 2.16. The van der Waals surface area contributed by atoms with E-state index in [4.69, 9.17) is 10.5 Å². The van der Waals surface area contributed by atoms with Gasteiger partial charge in [-0.15, -0.1) is 0 Å². The van der Waals surface area contributed by atoms with Crippen LogP contribution >= 0.6 is 0 Å². The molecule has 0 bridgehead atoms. The highest BCUT2D eigenvalue weighted by Gasteiger charge is 2.12. The van der Waals surface area contributed by atoms with Crippen LogP contribution in [0.1, 0.15) is 36.1 Å². The molecule has 0 heterocycles. The van der Waals surface area contributed by atoms with Gasteiger partial charge in [-0.3, -0.25) is 4.79 Å². The molecule has 1 rings (SSSR count). The van der Waals surface area contributed by atoms with E-state index < -0.39 is 0 Å². The van der Waals surface area contributed by atoms with Gasteiger partial charge in [0.1, 0.15) is 0 Å². The first kappa shape index (κ1) is 12.7. The zero-order valence-corrected chi connectivity index (χ0v) is 10.1. The van der Waals surface area contributed by atoms with Crippen molar-refractivity contribution in [2.45, 2.75) is 33.2 Å². The lowest BCUT2D eigenvalue weighted by atomic mass is 10.00. The van der Waals surface area contributed by atoms with Gasteiger partial charge in [0.15, 0.2) is 0 Å². The van der Waals surface area contributed by atoms with Gasteiger partial charge < -0.3 is 10.5 Å². The van der Waals surface area contributed by atoms with Crippen molar-refractivity contribution in [3.05, 3.63) is 34.9 Å². The summed E-state index contributed by atoms with van der Waals surface area (Å²) in [4.78, 5) is 11.3. The van der Waals surface area contributed by atoms with E-state index in [-0.39, 0.29) is 18.4 Å². The molecular formula is C13H19NO2. The van der Waals surface area contributed by atoms with Gasteiger partial charge >= 0.3 is 5.97 Å². The second-order valence-electron chi connectivity index (χ2n) is 4.04. The lowest BCUT2D eigenvalue weighted by molar-refractivity contribution is -0.143. The first-order valence-corrected chi connectivity index (χ1v) is 5.52. The number of benzene rings is 1. The Morgan fingerprint density at radius 1 is 1.31 bits per heavy atom. The smallest absolute Gasteiger partial charge is 0.307 e. The minimum atomic E-state index is -0.280. The number of aryl methyl sites for hydroxylation is 2. The molecule has 0 unspecified atom stereocenters. The molecule has 0 saturated heterocycles. The Morgan fingerprint density at radius 3 is 2.38 bits per heavy atom. The largest absolute Gasteiger partial charge is 0.466 e. The Hall–Kier alpha value is -1.35. The van der Waals surface area contributed by atoms with Crippen molar-refractivity contribution in [3.63, 3.8) is 0 Å². The molecular weight excluding hydrogens is 202 g/mol. The average molecular weight is 221 g/mol. The van der Waals surface area contributed by atoms with Crippen molar-refractivity contribution in [2.75, 3.05) is 6.61 Å². The van der Waals surface area contributed by atoms with Gasteiger partial charge in [-0.25, -0.2) is 0 Å². The summed E-state index contributed by atoms with van der Waals surface area (Å²) in [6.45, 7) is 6.24. The van der Waals surface area contributed by atoms with E-state index in [2.05, 4.69) is 6.07 Å². The fourth-order valence-electron chi connectivity index (χ4n) is 1.74. The van der Waals surface area contributed by atoms with Crippen LogP contribution in [0.25, 0.3) is 0 Å². The Morgan fingerprint density at radius 2 is 1.88 bits per heavy atom. The van der Waals surface area contributed by atoms with Crippen LogP contribution in [-0.4, -0.2) is 12.6 Å². The van der Waals surface area contributed by atoms with Gasteiger partial charge in [-0.05, 0) is 26.3 Å². The molecule has 2 N–H and O–H groups in total. The summed E-state index contributed by atoms with van der Waals surface area (Å²) in [5.74, 6) is -0.242. The van der Waals surface area contributed by atoms with Crippen LogP contribution in [0.15, 0.2) is 18.2 Å². The number of hydrogen-bond acceptors (Lipinski definition) is 3. The van der Waals surface area contributed by atoms with Gasteiger partial charge in [0.05, 0.1) is 13.0 Å². The summed E-state index contributed by atoms with van der Waals surface area (Å²) in [6.07, 6.45) is 0.233. The topological polar surface area (TPSA) is 52.3 Å². The molecule has 0 amide bonds. The number of ether oxygens (including phenoxy) is 1. The van der Waals surface area contributed by atoms with E-state index in [1.54, 1.807) is 6.92 Å². The molecule has 3 heteroatoms. The fraction of sp³-hybridized carbons (Fsp3) is 0.462. The van der Waals surface area contributed by atoms with Crippen LogP contribution in [0, 0.1) is 13.8 Å². The van der Waals surface area contributed by atoms with Crippen LogP contribution in [0.4, 0.5) is 0 Å². The van der Waals surface area contributed by atoms with Crippen molar-refractivity contribution >= 4 is 5.97 Å². The number of nitrogens with two attached hydrogens (primary N) is 1. The summed E-state index contributed by atoms with van der Waals surface area (Å²) in [7, 11) is 0. The monoisotopic (exact) mass is 221 g/mol. The molecule has 1 aromatic carbocycles. The molecule has 1 aromatic rings. The summed E-state index contributed by atoms with van der Waals surface area (Å²) < 4.78 is 4.88. The normalized spacial score (nSPS) is 12.2. The highest BCUT2D eigenvalue weighted by atomic mass is 16.5. The van der Waals surface area contributed by atoms with Crippen molar-refractivity contribution in [3.8, 4) is 0 Å². The second kappa shape index (κ2) is 5.66. The zero-order valence-electron chi connectivity index (χ0n) is 10.1. The quantitative estimate of drug-likeness (QED) is 0.793. The predicted molar refractivity (Wildman–Crippen MR) is 64.1 cm³/mol. The molecule has 88 valence electrons. The molecule has 0 radical (unpaired) electrons. The Labute approximate surface area is 96.6 Å². The van der Waals surface area contributed by atoms with E-state index in [1.165, 1.54) is 0 Å². The van der Waals surface area contributed by atoms with Gasteiger partial charge in [0, 0.05) is 6.04 Å². The number of esters is 1. The summed E-state index contributed by atoms with van der Waals surface area (Å²) >= 11 is 0. The third kappa shape index (κ3) is 3.66. The zero-order chi connectivity index (χ0) is 12.1. The number of hydrogen-bond donors (Lipinski definition) is 1. The van der Waals surface area contributed by atoms with Crippen LogP contribution in [0.2, 0.25) is 0 Å². The van der Waals surface area contributed by atoms with Gasteiger partial charge in [0.25, 0.3) is 0 Å². The number of carbonyl (C=O) groups is 1. The Kier molecular flexibility index (Phi) is 4.50. The van der Waals surface area contributed by atoms with Crippen molar-refractivity contribution in [2.24, 2.45) is 5.73 Å². The van der Waals surface area contributed by atoms with E-state index >= 15 is 0 Å². The second-order valence-corrected chi connectivity index (χ2v) is 4.04. The molecule has 1 atom stereocenters. The van der Waals surface area contributed by atoms with Gasteiger partial charge in [-0.1, -0.05) is 29.3 Å². The third-order valence-corrected chi connectivity index (χ3v) is 2.36. The number of rotatable bonds is 4. The summed E-state index contributed by atoms with van der Waals surface area (Å²) in [5.41, 5.74) is 9.28. The highest BCUT2D eigenvalue weighted by Crippen LogP contribution is 2.18. The lowest BCUT2D eigenvalue weighted by Gasteiger charge is -2.12. The van der Waals surface area contributed by atoms with E-state index in [0.29, 0.717) is 6.61 Å².